The van der Waals surface area contributed by atoms with E-state index in [1.54, 1.807) is 19.1 Å². The topological polar surface area (TPSA) is 86.7 Å². The summed E-state index contributed by atoms with van der Waals surface area (Å²) in [5.41, 5.74) is 0.971. The first-order chi connectivity index (χ1) is 10.0. The second kappa shape index (κ2) is 6.21. The molecule has 6 heteroatoms. The maximum atomic E-state index is 11.9. The second-order valence-electron chi connectivity index (χ2n) is 4.79. The molecule has 1 aliphatic rings. The Balaban J connectivity index is 1.89. The number of likely N-dealkylation sites (tertiary alicyclic amines) is 1. The van der Waals surface area contributed by atoms with E-state index >= 15 is 0 Å². The van der Waals surface area contributed by atoms with E-state index in [-0.39, 0.29) is 12.3 Å². The van der Waals surface area contributed by atoms with E-state index in [1.807, 2.05) is 30.3 Å². The van der Waals surface area contributed by atoms with Crippen LogP contribution >= 0.6 is 0 Å². The van der Waals surface area contributed by atoms with Gasteiger partial charge in [-0.3, -0.25) is 14.5 Å². The Morgan fingerprint density at radius 1 is 1.33 bits per heavy atom. The lowest BCUT2D eigenvalue weighted by Crippen LogP contribution is -2.70. The van der Waals surface area contributed by atoms with Crippen LogP contribution in [0.5, 0.6) is 0 Å². The Hall–Kier alpha value is -2.63. The monoisotopic (exact) mass is 288 g/mol. The fourth-order valence-electron chi connectivity index (χ4n) is 2.25. The smallest absolute Gasteiger partial charge is 0.405 e. The number of benzene rings is 1. The molecule has 2 N–H and O–H groups in total. The van der Waals surface area contributed by atoms with E-state index in [0.717, 1.165) is 10.5 Å². The Kier molecular flexibility index (Phi) is 4.37. The molecule has 6 nitrogen and oxygen atoms in total. The van der Waals surface area contributed by atoms with Crippen molar-refractivity contribution in [2.45, 2.75) is 25.4 Å². The van der Waals surface area contributed by atoms with Gasteiger partial charge in [-0.15, -0.1) is 0 Å². The third-order valence-corrected chi connectivity index (χ3v) is 3.34. The molecule has 3 amide bonds. The predicted molar refractivity (Wildman–Crippen MR) is 76.4 cm³/mol. The van der Waals surface area contributed by atoms with E-state index in [9.17, 15) is 14.4 Å². The number of hydrogen-bond acceptors (Lipinski definition) is 3. The molecule has 1 unspecified atom stereocenters. The normalized spacial score (nSPS) is 21.2. The van der Waals surface area contributed by atoms with Crippen molar-refractivity contribution in [1.29, 1.82) is 0 Å². The van der Waals surface area contributed by atoms with Gasteiger partial charge < -0.3 is 10.4 Å². The van der Waals surface area contributed by atoms with Gasteiger partial charge >= 0.3 is 6.09 Å². The number of amides is 3. The molecular weight excluding hydrogens is 272 g/mol. The number of β-lactam (4-membered cyclic amide) rings is 1. The minimum absolute atomic E-state index is 0.102. The molecule has 0 aromatic heterocycles. The van der Waals surface area contributed by atoms with Crippen molar-refractivity contribution in [3.63, 3.8) is 0 Å². The Labute approximate surface area is 122 Å². The number of rotatable bonds is 4. The summed E-state index contributed by atoms with van der Waals surface area (Å²) in [6, 6.07) is 8.22. The third kappa shape index (κ3) is 3.28. The summed E-state index contributed by atoms with van der Waals surface area (Å²) in [6.07, 6.45) is 2.33. The minimum Gasteiger partial charge on any atom is -0.465 e. The summed E-state index contributed by atoms with van der Waals surface area (Å²) in [5, 5.41) is 10.7. The molecule has 1 heterocycles. The van der Waals surface area contributed by atoms with Gasteiger partial charge in [0.15, 0.2) is 0 Å². The average molecular weight is 288 g/mol. The van der Waals surface area contributed by atoms with Crippen LogP contribution in [-0.2, 0) is 9.59 Å². The Bertz CT molecular complexity index is 583. The number of imide groups is 1. The van der Waals surface area contributed by atoms with Crippen LogP contribution in [0.25, 0.3) is 6.08 Å². The standard InChI is InChI=1S/C15H16N2O4/c1-10-13(16-15(20)21)14(19)17(10)12(18)9-5-8-11-6-3-2-4-7-11/h2-8,10,13,16H,9H2,1H3,(H,20,21)/t10?,13-/m0/s1. The Morgan fingerprint density at radius 2 is 2.00 bits per heavy atom. The first-order valence-corrected chi connectivity index (χ1v) is 6.57. The number of nitrogens with one attached hydrogen (secondary N) is 1. The van der Waals surface area contributed by atoms with Crippen LogP contribution in [0.4, 0.5) is 4.79 Å². The molecule has 1 aromatic rings. The number of carbonyl (C=O) groups is 3. The van der Waals surface area contributed by atoms with Crippen LogP contribution in [0.2, 0.25) is 0 Å². The summed E-state index contributed by atoms with van der Waals surface area (Å²) < 4.78 is 0. The van der Waals surface area contributed by atoms with Gasteiger partial charge in [-0.1, -0.05) is 42.5 Å². The molecule has 2 atom stereocenters. The zero-order valence-corrected chi connectivity index (χ0v) is 11.5. The summed E-state index contributed by atoms with van der Waals surface area (Å²) in [7, 11) is 0. The van der Waals surface area contributed by atoms with Gasteiger partial charge in [-0.05, 0) is 12.5 Å². The zero-order chi connectivity index (χ0) is 15.4. The average Bonchev–Trinajstić information content (AvgIpc) is 2.46. The van der Waals surface area contributed by atoms with Gasteiger partial charge in [-0.2, -0.15) is 0 Å². The maximum Gasteiger partial charge on any atom is 0.405 e. The third-order valence-electron chi connectivity index (χ3n) is 3.34. The molecule has 1 saturated heterocycles. The molecule has 1 aliphatic heterocycles. The van der Waals surface area contributed by atoms with E-state index in [4.69, 9.17) is 5.11 Å². The summed E-state index contributed by atoms with van der Waals surface area (Å²) in [6.45, 7) is 1.64. The fourth-order valence-corrected chi connectivity index (χ4v) is 2.25. The highest BCUT2D eigenvalue weighted by Gasteiger charge is 2.48. The van der Waals surface area contributed by atoms with Crippen molar-refractivity contribution in [2.75, 3.05) is 0 Å². The van der Waals surface area contributed by atoms with Crippen LogP contribution in [0.15, 0.2) is 36.4 Å². The molecule has 0 radical (unpaired) electrons. The molecule has 0 spiro atoms. The van der Waals surface area contributed by atoms with Crippen molar-refractivity contribution in [3.8, 4) is 0 Å². The first kappa shape index (κ1) is 14.8. The molecular formula is C15H16N2O4. The van der Waals surface area contributed by atoms with E-state index in [1.165, 1.54) is 0 Å². The van der Waals surface area contributed by atoms with Crippen molar-refractivity contribution < 1.29 is 19.5 Å². The van der Waals surface area contributed by atoms with Crippen molar-refractivity contribution in [3.05, 3.63) is 42.0 Å². The molecule has 1 aromatic carbocycles. The largest absolute Gasteiger partial charge is 0.465 e. The number of carboxylic acid groups (broad SMARTS) is 1. The highest BCUT2D eigenvalue weighted by Crippen LogP contribution is 2.21. The van der Waals surface area contributed by atoms with E-state index in [0.29, 0.717) is 0 Å². The van der Waals surface area contributed by atoms with E-state index < -0.39 is 24.1 Å². The second-order valence-corrected chi connectivity index (χ2v) is 4.79. The number of carbonyl (C=O) groups excluding carboxylic acids is 2. The van der Waals surface area contributed by atoms with Crippen LogP contribution in [0.1, 0.15) is 18.9 Å². The van der Waals surface area contributed by atoms with Crippen molar-refractivity contribution in [2.24, 2.45) is 0 Å². The lowest BCUT2D eigenvalue weighted by Gasteiger charge is -2.43. The van der Waals surface area contributed by atoms with Gasteiger partial charge in [0.25, 0.3) is 5.91 Å². The van der Waals surface area contributed by atoms with Gasteiger partial charge in [-0.25, -0.2) is 4.79 Å². The van der Waals surface area contributed by atoms with Crippen molar-refractivity contribution >= 4 is 24.0 Å². The molecule has 1 fully saturated rings. The molecule has 2 rings (SSSR count). The van der Waals surface area contributed by atoms with Crippen LogP contribution in [0.3, 0.4) is 0 Å². The highest BCUT2D eigenvalue weighted by molar-refractivity contribution is 6.05. The van der Waals surface area contributed by atoms with Crippen LogP contribution in [-0.4, -0.2) is 40.0 Å². The van der Waals surface area contributed by atoms with Gasteiger partial charge in [0.1, 0.15) is 6.04 Å². The highest BCUT2D eigenvalue weighted by atomic mass is 16.4. The molecule has 0 saturated carbocycles. The van der Waals surface area contributed by atoms with E-state index in [2.05, 4.69) is 5.32 Å². The maximum absolute atomic E-state index is 11.9. The summed E-state index contributed by atoms with van der Waals surface area (Å²) in [5.74, 6) is -0.828. The van der Waals surface area contributed by atoms with Crippen LogP contribution in [0, 0.1) is 0 Å². The molecule has 110 valence electrons. The zero-order valence-electron chi connectivity index (χ0n) is 11.5. The molecule has 0 bridgehead atoms. The molecule has 21 heavy (non-hydrogen) atoms. The number of nitrogens with zero attached hydrogens (tertiary/aromatic N) is 1. The number of hydrogen-bond donors (Lipinski definition) is 2. The summed E-state index contributed by atoms with van der Waals surface area (Å²) >= 11 is 0. The SMILES string of the molecule is CC1[C@H](NC(=O)O)C(=O)N1C(=O)CC=Cc1ccccc1. The minimum atomic E-state index is -1.27. The first-order valence-electron chi connectivity index (χ1n) is 6.57. The van der Waals surface area contributed by atoms with Gasteiger partial charge in [0, 0.05) is 6.42 Å². The van der Waals surface area contributed by atoms with Crippen LogP contribution < -0.4 is 5.32 Å². The lowest BCUT2D eigenvalue weighted by molar-refractivity contribution is -0.160. The molecule has 0 aliphatic carbocycles. The van der Waals surface area contributed by atoms with Crippen molar-refractivity contribution in [1.82, 2.24) is 10.2 Å². The fraction of sp³-hybridized carbons (Fsp3) is 0.267. The van der Waals surface area contributed by atoms with Gasteiger partial charge in [0.2, 0.25) is 5.91 Å². The predicted octanol–water partition coefficient (Wildman–Crippen LogP) is 1.48. The van der Waals surface area contributed by atoms with Gasteiger partial charge in [0.05, 0.1) is 6.04 Å². The Morgan fingerprint density at radius 3 is 2.57 bits per heavy atom. The lowest BCUT2D eigenvalue weighted by atomic mass is 9.96. The quantitative estimate of drug-likeness (QED) is 0.822. The summed E-state index contributed by atoms with van der Waals surface area (Å²) in [4.78, 5) is 35.3.